The van der Waals surface area contributed by atoms with Gasteiger partial charge in [0.1, 0.15) is 11.4 Å². The molecule has 0 aliphatic carbocycles. The van der Waals surface area contributed by atoms with Crippen LogP contribution >= 0.6 is 0 Å². The van der Waals surface area contributed by atoms with Crippen LogP contribution in [0, 0.1) is 0 Å². The molecule has 4 rings (SSSR count). The van der Waals surface area contributed by atoms with E-state index >= 15 is 0 Å². The Balaban J connectivity index is 1.45. The first kappa shape index (κ1) is 22.1. The van der Waals surface area contributed by atoms with Crippen LogP contribution < -0.4 is 4.74 Å². The molecule has 3 heterocycles. The lowest BCUT2D eigenvalue weighted by atomic mass is 10.1. The van der Waals surface area contributed by atoms with Crippen LogP contribution in [0.15, 0.2) is 24.3 Å². The average molecular weight is 442 g/mol. The van der Waals surface area contributed by atoms with E-state index in [-0.39, 0.29) is 18.0 Å². The fourth-order valence-electron chi connectivity index (χ4n) is 4.26. The van der Waals surface area contributed by atoms with Crippen molar-refractivity contribution < 1.29 is 19.1 Å². The third-order valence-electron chi connectivity index (χ3n) is 5.82. The maximum atomic E-state index is 13.1. The van der Waals surface area contributed by atoms with Crippen LogP contribution in [0.25, 0.3) is 0 Å². The van der Waals surface area contributed by atoms with Crippen molar-refractivity contribution in [3.63, 3.8) is 0 Å². The number of benzene rings is 1. The zero-order valence-corrected chi connectivity index (χ0v) is 19.2. The lowest BCUT2D eigenvalue weighted by molar-refractivity contribution is -0.131. The minimum Gasteiger partial charge on any atom is -0.497 e. The number of fused-ring (bicyclic) bond motifs is 1. The van der Waals surface area contributed by atoms with Gasteiger partial charge in [-0.1, -0.05) is 12.1 Å². The Kier molecular flexibility index (Phi) is 6.08. The highest BCUT2D eigenvalue weighted by Gasteiger charge is 2.36. The summed E-state index contributed by atoms with van der Waals surface area (Å²) < 4.78 is 12.7. The number of carbonyl (C=O) groups excluding carboxylic acids is 2. The Labute approximate surface area is 188 Å². The lowest BCUT2D eigenvalue weighted by Gasteiger charge is -2.31. The topological polar surface area (TPSA) is 89.8 Å². The molecule has 9 heteroatoms. The minimum atomic E-state index is -0.540. The van der Waals surface area contributed by atoms with Gasteiger partial charge < -0.3 is 18.9 Å². The molecule has 0 unspecified atom stereocenters. The molecule has 0 bridgehead atoms. The van der Waals surface area contributed by atoms with Crippen LogP contribution in [0.3, 0.4) is 0 Å². The lowest BCUT2D eigenvalue weighted by Crippen LogP contribution is -2.42. The highest BCUT2D eigenvalue weighted by molar-refractivity contribution is 5.79. The molecule has 0 saturated carbocycles. The molecule has 9 nitrogen and oxygen atoms in total. The Bertz CT molecular complexity index is 979. The summed E-state index contributed by atoms with van der Waals surface area (Å²) in [7, 11) is 1.63. The molecule has 2 aliphatic rings. The number of carbonyl (C=O) groups is 2. The van der Waals surface area contributed by atoms with Crippen LogP contribution in [0.5, 0.6) is 5.75 Å². The van der Waals surface area contributed by atoms with Gasteiger partial charge in [-0.05, 0) is 51.3 Å². The Morgan fingerprint density at radius 2 is 1.84 bits per heavy atom. The second-order valence-electron chi connectivity index (χ2n) is 9.30. The first-order chi connectivity index (χ1) is 15.2. The Morgan fingerprint density at radius 1 is 1.09 bits per heavy atom. The van der Waals surface area contributed by atoms with Gasteiger partial charge in [0.2, 0.25) is 5.91 Å². The molecule has 1 atom stereocenters. The molecule has 0 spiro atoms. The molecule has 2 aromatic rings. The maximum Gasteiger partial charge on any atom is 0.410 e. The number of rotatable bonds is 4. The number of amides is 2. The van der Waals surface area contributed by atoms with Gasteiger partial charge >= 0.3 is 6.09 Å². The van der Waals surface area contributed by atoms with E-state index in [0.29, 0.717) is 32.6 Å². The molecule has 1 saturated heterocycles. The predicted octanol–water partition coefficient (Wildman–Crippen LogP) is 2.94. The van der Waals surface area contributed by atoms with Crippen LogP contribution in [-0.4, -0.2) is 62.4 Å². The Hall–Kier alpha value is -3.10. The zero-order chi connectivity index (χ0) is 22.9. The molecule has 0 N–H and O–H groups in total. The SMILES string of the molecule is COc1ccc(CC(=O)N2CCC[C@H]2c2nnc3n2CCN(C(=O)OC(C)(C)C)C3)cc1. The van der Waals surface area contributed by atoms with Crippen molar-refractivity contribution in [1.29, 1.82) is 0 Å². The van der Waals surface area contributed by atoms with E-state index in [4.69, 9.17) is 9.47 Å². The van der Waals surface area contributed by atoms with Crippen molar-refractivity contribution in [2.24, 2.45) is 0 Å². The normalized spacial score (nSPS) is 18.4. The average Bonchev–Trinajstić information content (AvgIpc) is 3.39. The largest absolute Gasteiger partial charge is 0.497 e. The summed E-state index contributed by atoms with van der Waals surface area (Å²) in [6, 6.07) is 7.50. The summed E-state index contributed by atoms with van der Waals surface area (Å²) >= 11 is 0. The van der Waals surface area contributed by atoms with Crippen LogP contribution in [-0.2, 0) is 29.0 Å². The summed E-state index contributed by atoms with van der Waals surface area (Å²) in [5.74, 6) is 2.40. The molecular formula is C23H31N5O4. The van der Waals surface area contributed by atoms with Crippen LogP contribution in [0.2, 0.25) is 0 Å². The van der Waals surface area contributed by atoms with E-state index in [2.05, 4.69) is 14.8 Å². The molecule has 1 aromatic heterocycles. The molecule has 2 amide bonds. The molecule has 2 aliphatic heterocycles. The maximum absolute atomic E-state index is 13.1. The summed E-state index contributed by atoms with van der Waals surface area (Å²) in [6.07, 6.45) is 1.80. The van der Waals surface area contributed by atoms with E-state index in [9.17, 15) is 9.59 Å². The van der Waals surface area contributed by atoms with Gasteiger partial charge in [0.25, 0.3) is 0 Å². The van der Waals surface area contributed by atoms with Crippen molar-refractivity contribution in [2.75, 3.05) is 20.2 Å². The second kappa shape index (κ2) is 8.80. The highest BCUT2D eigenvalue weighted by Crippen LogP contribution is 2.33. The smallest absolute Gasteiger partial charge is 0.410 e. The van der Waals surface area contributed by atoms with Crippen molar-refractivity contribution in [2.45, 2.75) is 64.8 Å². The van der Waals surface area contributed by atoms with E-state index in [1.54, 1.807) is 12.0 Å². The quantitative estimate of drug-likeness (QED) is 0.725. The van der Waals surface area contributed by atoms with Gasteiger partial charge in [-0.15, -0.1) is 10.2 Å². The summed E-state index contributed by atoms with van der Waals surface area (Å²) in [6.45, 7) is 7.75. The molecule has 172 valence electrons. The van der Waals surface area contributed by atoms with Gasteiger partial charge in [-0.25, -0.2) is 4.79 Å². The molecular weight excluding hydrogens is 410 g/mol. The molecule has 32 heavy (non-hydrogen) atoms. The number of hydrogen-bond donors (Lipinski definition) is 0. The van der Waals surface area contributed by atoms with Crippen molar-refractivity contribution >= 4 is 12.0 Å². The third kappa shape index (κ3) is 4.71. The van der Waals surface area contributed by atoms with Crippen LogP contribution in [0.1, 0.15) is 56.9 Å². The number of aromatic nitrogens is 3. The summed E-state index contributed by atoms with van der Waals surface area (Å²) in [4.78, 5) is 29.1. The predicted molar refractivity (Wildman–Crippen MR) is 117 cm³/mol. The first-order valence-corrected chi connectivity index (χ1v) is 11.1. The number of methoxy groups -OCH3 is 1. The van der Waals surface area contributed by atoms with E-state index in [0.717, 1.165) is 35.8 Å². The van der Waals surface area contributed by atoms with Gasteiger partial charge in [0, 0.05) is 19.6 Å². The van der Waals surface area contributed by atoms with Gasteiger partial charge in [-0.2, -0.15) is 0 Å². The highest BCUT2D eigenvalue weighted by atomic mass is 16.6. The second-order valence-corrected chi connectivity index (χ2v) is 9.30. The first-order valence-electron chi connectivity index (χ1n) is 11.1. The van der Waals surface area contributed by atoms with Gasteiger partial charge in [-0.3, -0.25) is 9.69 Å². The summed E-state index contributed by atoms with van der Waals surface area (Å²) in [5.41, 5.74) is 0.417. The van der Waals surface area contributed by atoms with Crippen molar-refractivity contribution in [1.82, 2.24) is 24.6 Å². The molecule has 1 fully saturated rings. The van der Waals surface area contributed by atoms with E-state index in [1.165, 1.54) is 0 Å². The van der Waals surface area contributed by atoms with Gasteiger partial charge in [0.05, 0.1) is 26.1 Å². The minimum absolute atomic E-state index is 0.0845. The molecule has 1 aromatic carbocycles. The zero-order valence-electron chi connectivity index (χ0n) is 19.2. The number of likely N-dealkylation sites (tertiary alicyclic amines) is 1. The number of hydrogen-bond acceptors (Lipinski definition) is 6. The number of nitrogens with zero attached hydrogens (tertiary/aromatic N) is 5. The van der Waals surface area contributed by atoms with Crippen molar-refractivity contribution in [3.05, 3.63) is 41.5 Å². The van der Waals surface area contributed by atoms with Crippen LogP contribution in [0.4, 0.5) is 4.79 Å². The van der Waals surface area contributed by atoms with E-state index in [1.807, 2.05) is 49.9 Å². The van der Waals surface area contributed by atoms with Crippen molar-refractivity contribution in [3.8, 4) is 5.75 Å². The fourth-order valence-corrected chi connectivity index (χ4v) is 4.26. The number of ether oxygens (including phenoxy) is 2. The van der Waals surface area contributed by atoms with E-state index < -0.39 is 5.60 Å². The monoisotopic (exact) mass is 441 g/mol. The summed E-state index contributed by atoms with van der Waals surface area (Å²) in [5, 5.41) is 8.77. The molecule has 0 radical (unpaired) electrons. The standard InChI is InChI=1S/C23H31N5O4/c1-23(2,3)32-22(30)26-12-13-28-19(15-26)24-25-21(28)18-6-5-11-27(18)20(29)14-16-7-9-17(31-4)10-8-16/h7-10,18H,5-6,11-15H2,1-4H3/t18-/m0/s1. The fraction of sp³-hybridized carbons (Fsp3) is 0.565. The Morgan fingerprint density at radius 3 is 2.53 bits per heavy atom. The van der Waals surface area contributed by atoms with Gasteiger partial charge in [0.15, 0.2) is 11.6 Å². The third-order valence-corrected chi connectivity index (χ3v) is 5.82.